The van der Waals surface area contributed by atoms with Gasteiger partial charge in [-0.25, -0.2) is 0 Å². The standard InChI is InChI=1S/C28H25ClN2O4/c29-21-12-9-18(10-13-21)17-5-7-19(8-6-17)26(32)23-14-11-20(25(23)28(34)35)15-31-16-30-24-4-2-1-3-22(24)27(31)33/h1-10,12-13,16,20,22-25H,11,14-15H2,(H,34,35)/t20-,22?,23?,24?,25?/m0/s1. The number of amides is 1. The zero-order valence-electron chi connectivity index (χ0n) is 19.0. The summed E-state index contributed by atoms with van der Waals surface area (Å²) in [6.45, 7) is 0.249. The van der Waals surface area contributed by atoms with Gasteiger partial charge in [0.15, 0.2) is 5.78 Å². The second kappa shape index (κ2) is 9.62. The molecule has 6 nitrogen and oxygen atoms in total. The van der Waals surface area contributed by atoms with E-state index in [1.54, 1.807) is 12.1 Å². The van der Waals surface area contributed by atoms with Gasteiger partial charge in [-0.1, -0.05) is 72.3 Å². The lowest BCUT2D eigenvalue weighted by Crippen LogP contribution is -2.46. The summed E-state index contributed by atoms with van der Waals surface area (Å²) in [6, 6.07) is 14.5. The number of halogens is 1. The van der Waals surface area contributed by atoms with Crippen molar-refractivity contribution in [3.63, 3.8) is 0 Å². The van der Waals surface area contributed by atoms with Crippen LogP contribution in [0.25, 0.3) is 11.1 Å². The highest BCUT2D eigenvalue weighted by atomic mass is 35.5. The smallest absolute Gasteiger partial charge is 0.307 e. The van der Waals surface area contributed by atoms with Crippen LogP contribution < -0.4 is 0 Å². The van der Waals surface area contributed by atoms with Crippen molar-refractivity contribution in [2.45, 2.75) is 18.9 Å². The molecule has 2 aliphatic carbocycles. The van der Waals surface area contributed by atoms with Gasteiger partial charge in [0, 0.05) is 23.0 Å². The van der Waals surface area contributed by atoms with Gasteiger partial charge in [-0.3, -0.25) is 19.4 Å². The molecule has 5 rings (SSSR count). The van der Waals surface area contributed by atoms with Crippen molar-refractivity contribution in [2.75, 3.05) is 6.54 Å². The van der Waals surface area contributed by atoms with Crippen LogP contribution in [-0.2, 0) is 9.59 Å². The number of benzene rings is 2. The predicted molar refractivity (Wildman–Crippen MR) is 134 cm³/mol. The number of carbonyl (C=O) groups excluding carboxylic acids is 2. The second-order valence-corrected chi connectivity index (χ2v) is 9.73. The third-order valence-electron chi connectivity index (χ3n) is 7.24. The Labute approximate surface area is 208 Å². The van der Waals surface area contributed by atoms with E-state index in [9.17, 15) is 19.5 Å². The molecule has 2 aromatic rings. The maximum Gasteiger partial charge on any atom is 0.307 e. The third-order valence-corrected chi connectivity index (χ3v) is 7.49. The summed E-state index contributed by atoms with van der Waals surface area (Å²) in [5.41, 5.74) is 2.43. The number of nitrogens with zero attached hydrogens (tertiary/aromatic N) is 2. The quantitative estimate of drug-likeness (QED) is 0.586. The summed E-state index contributed by atoms with van der Waals surface area (Å²) >= 11 is 5.96. The van der Waals surface area contributed by atoms with Gasteiger partial charge in [-0.15, -0.1) is 0 Å². The van der Waals surface area contributed by atoms with Gasteiger partial charge in [0.2, 0.25) is 5.91 Å². The minimum absolute atomic E-state index is 0.0812. The molecule has 1 heterocycles. The summed E-state index contributed by atoms with van der Waals surface area (Å²) < 4.78 is 0. The Kier molecular flexibility index (Phi) is 6.39. The van der Waals surface area contributed by atoms with Crippen molar-refractivity contribution in [2.24, 2.45) is 28.7 Å². The number of fused-ring (bicyclic) bond motifs is 1. The lowest BCUT2D eigenvalue weighted by atomic mass is 9.83. The summed E-state index contributed by atoms with van der Waals surface area (Å²) in [4.78, 5) is 44.5. The molecule has 5 atom stereocenters. The van der Waals surface area contributed by atoms with Gasteiger partial charge in [-0.2, -0.15) is 0 Å². The average Bonchev–Trinajstić information content (AvgIpc) is 3.30. The Hall–Kier alpha value is -3.51. The van der Waals surface area contributed by atoms with Crippen LogP contribution in [-0.4, -0.2) is 46.6 Å². The molecule has 4 unspecified atom stereocenters. The summed E-state index contributed by atoms with van der Waals surface area (Å²) in [5.74, 6) is -3.39. The molecule has 1 saturated carbocycles. The van der Waals surface area contributed by atoms with E-state index in [2.05, 4.69) is 4.99 Å². The number of carboxylic acid groups (broad SMARTS) is 1. The van der Waals surface area contributed by atoms with Crippen LogP contribution >= 0.6 is 11.6 Å². The third kappa shape index (κ3) is 4.58. The number of ketones is 1. The fourth-order valence-electron chi connectivity index (χ4n) is 5.40. The lowest BCUT2D eigenvalue weighted by molar-refractivity contribution is -0.145. The van der Waals surface area contributed by atoms with E-state index in [-0.39, 0.29) is 36.1 Å². The number of rotatable bonds is 6. The van der Waals surface area contributed by atoms with E-state index in [4.69, 9.17) is 11.6 Å². The molecule has 3 aliphatic rings. The maximum atomic E-state index is 13.3. The monoisotopic (exact) mass is 488 g/mol. The van der Waals surface area contributed by atoms with E-state index in [0.29, 0.717) is 23.4 Å². The Morgan fingerprint density at radius 3 is 2.31 bits per heavy atom. The minimum atomic E-state index is -0.997. The molecule has 0 saturated heterocycles. The molecule has 2 aromatic carbocycles. The van der Waals surface area contributed by atoms with Crippen molar-refractivity contribution < 1.29 is 19.5 Å². The SMILES string of the molecule is O=C(c1ccc(-c2ccc(Cl)cc2)cc1)C1CC[C@@H](CN2C=NC3C=CC=CC3C2=O)C1C(=O)O. The van der Waals surface area contributed by atoms with E-state index in [1.165, 1.54) is 11.2 Å². The van der Waals surface area contributed by atoms with Crippen molar-refractivity contribution in [1.82, 2.24) is 4.90 Å². The van der Waals surface area contributed by atoms with Gasteiger partial charge in [0.05, 0.1) is 24.2 Å². The normalized spacial score (nSPS) is 27.2. The van der Waals surface area contributed by atoms with Crippen LogP contribution in [0, 0.1) is 23.7 Å². The van der Waals surface area contributed by atoms with Crippen LogP contribution in [0.15, 0.2) is 77.8 Å². The molecule has 7 heteroatoms. The van der Waals surface area contributed by atoms with Crippen molar-refractivity contribution in [3.8, 4) is 11.1 Å². The number of aliphatic carboxylic acids is 1. The highest BCUT2D eigenvalue weighted by molar-refractivity contribution is 6.30. The Morgan fingerprint density at radius 1 is 0.971 bits per heavy atom. The van der Waals surface area contributed by atoms with Gasteiger partial charge < -0.3 is 10.0 Å². The number of allylic oxidation sites excluding steroid dienone is 2. The van der Waals surface area contributed by atoms with Gasteiger partial charge in [0.1, 0.15) is 0 Å². The highest BCUT2D eigenvalue weighted by Gasteiger charge is 2.46. The number of hydrogen-bond acceptors (Lipinski definition) is 4. The number of aliphatic imine (C=N–C) groups is 1. The molecule has 35 heavy (non-hydrogen) atoms. The molecule has 0 aromatic heterocycles. The van der Waals surface area contributed by atoms with Crippen LogP contribution in [0.5, 0.6) is 0 Å². The van der Waals surface area contributed by atoms with E-state index in [1.807, 2.05) is 60.7 Å². The molecule has 1 amide bonds. The zero-order valence-corrected chi connectivity index (χ0v) is 19.7. The van der Waals surface area contributed by atoms with Gasteiger partial charge in [-0.05, 0) is 42.0 Å². The Balaban J connectivity index is 1.31. The van der Waals surface area contributed by atoms with E-state index < -0.39 is 17.8 Å². The fraction of sp³-hybridized carbons (Fsp3) is 0.286. The topological polar surface area (TPSA) is 87.0 Å². The highest BCUT2D eigenvalue weighted by Crippen LogP contribution is 2.40. The number of hydrogen-bond donors (Lipinski definition) is 1. The van der Waals surface area contributed by atoms with E-state index in [0.717, 1.165) is 11.1 Å². The summed E-state index contributed by atoms with van der Waals surface area (Å²) in [6.07, 6.45) is 10.00. The van der Waals surface area contributed by atoms with E-state index >= 15 is 0 Å². The van der Waals surface area contributed by atoms with Crippen LogP contribution in [0.4, 0.5) is 0 Å². The minimum Gasteiger partial charge on any atom is -0.481 e. The van der Waals surface area contributed by atoms with Gasteiger partial charge >= 0.3 is 5.97 Å². The largest absolute Gasteiger partial charge is 0.481 e. The predicted octanol–water partition coefficient (Wildman–Crippen LogP) is 4.90. The van der Waals surface area contributed by atoms with Crippen LogP contribution in [0.2, 0.25) is 5.02 Å². The molecule has 1 N–H and O–H groups in total. The average molecular weight is 489 g/mol. The first-order valence-electron chi connectivity index (χ1n) is 11.7. The summed E-state index contributed by atoms with van der Waals surface area (Å²) in [5, 5.41) is 10.7. The van der Waals surface area contributed by atoms with Crippen LogP contribution in [0.1, 0.15) is 23.2 Å². The van der Waals surface area contributed by atoms with Gasteiger partial charge in [0.25, 0.3) is 0 Å². The number of carbonyl (C=O) groups is 3. The van der Waals surface area contributed by atoms with Crippen molar-refractivity contribution >= 4 is 35.6 Å². The zero-order chi connectivity index (χ0) is 24.5. The fourth-order valence-corrected chi connectivity index (χ4v) is 5.53. The first-order chi connectivity index (χ1) is 16.9. The number of Topliss-reactive ketones (excluding diaryl/α,β-unsaturated/α-hetero) is 1. The molecule has 0 bridgehead atoms. The first kappa shape index (κ1) is 23.2. The Bertz CT molecular complexity index is 1230. The Morgan fingerprint density at radius 2 is 1.63 bits per heavy atom. The summed E-state index contributed by atoms with van der Waals surface area (Å²) in [7, 11) is 0. The molecule has 178 valence electrons. The van der Waals surface area contributed by atoms with Crippen LogP contribution in [0.3, 0.4) is 0 Å². The second-order valence-electron chi connectivity index (χ2n) is 9.30. The van der Waals surface area contributed by atoms with Crippen molar-refractivity contribution in [1.29, 1.82) is 0 Å². The lowest BCUT2D eigenvalue weighted by Gasteiger charge is -2.33. The van der Waals surface area contributed by atoms with Crippen molar-refractivity contribution in [3.05, 3.63) is 83.4 Å². The molecule has 0 radical (unpaired) electrons. The maximum absolute atomic E-state index is 13.3. The molecular formula is C28H25ClN2O4. The molecule has 1 aliphatic heterocycles. The first-order valence-corrected chi connectivity index (χ1v) is 12.1. The molecule has 1 fully saturated rings. The number of carboxylic acids is 1. The molecule has 0 spiro atoms. The molecular weight excluding hydrogens is 464 g/mol.